The normalized spacial score (nSPS) is 24.0. The van der Waals surface area contributed by atoms with Gasteiger partial charge in [0.05, 0.1) is 11.0 Å². The number of ether oxygens (including phenoxy) is 1. The second-order valence-corrected chi connectivity index (χ2v) is 5.93. The maximum atomic E-state index is 11.2. The number of hydrogen-bond donors (Lipinski definition) is 1. The van der Waals surface area contributed by atoms with Crippen LogP contribution < -0.4 is 5.32 Å². The van der Waals surface area contributed by atoms with Crippen molar-refractivity contribution in [3.8, 4) is 0 Å². The van der Waals surface area contributed by atoms with Gasteiger partial charge in [0.2, 0.25) is 0 Å². The lowest BCUT2D eigenvalue weighted by atomic mass is 9.64. The van der Waals surface area contributed by atoms with Crippen LogP contribution in [-0.4, -0.2) is 23.7 Å². The van der Waals surface area contributed by atoms with Gasteiger partial charge in [-0.3, -0.25) is 10.1 Å². The molecule has 1 aromatic rings. The summed E-state index contributed by atoms with van der Waals surface area (Å²) in [6.07, 6.45) is 1.10. The molecule has 0 heterocycles. The SMILES string of the molecule is CCOC1CC(Nc2cccc(C)c2[N+](=O)[O-])C1(C)C. The van der Waals surface area contributed by atoms with E-state index in [-0.39, 0.29) is 28.2 Å². The van der Waals surface area contributed by atoms with Crippen molar-refractivity contribution in [2.24, 2.45) is 5.41 Å². The summed E-state index contributed by atoms with van der Waals surface area (Å²) in [5.41, 5.74) is 1.43. The van der Waals surface area contributed by atoms with Crippen molar-refractivity contribution in [1.82, 2.24) is 0 Å². The topological polar surface area (TPSA) is 64.4 Å². The first-order valence-electron chi connectivity index (χ1n) is 7.00. The van der Waals surface area contributed by atoms with Gasteiger partial charge in [-0.15, -0.1) is 0 Å². The summed E-state index contributed by atoms with van der Waals surface area (Å²) < 4.78 is 5.69. The molecule has 5 heteroatoms. The molecule has 0 saturated heterocycles. The Balaban J connectivity index is 2.17. The molecule has 0 aliphatic heterocycles. The molecular weight excluding hydrogens is 256 g/mol. The van der Waals surface area contributed by atoms with Crippen LogP contribution >= 0.6 is 0 Å². The Hall–Kier alpha value is -1.62. The van der Waals surface area contributed by atoms with Crippen LogP contribution in [0.15, 0.2) is 18.2 Å². The van der Waals surface area contributed by atoms with E-state index in [0.717, 1.165) is 6.42 Å². The van der Waals surface area contributed by atoms with Crippen molar-refractivity contribution in [3.63, 3.8) is 0 Å². The molecule has 0 bridgehead atoms. The number of nitrogens with zero attached hydrogens (tertiary/aromatic N) is 1. The van der Waals surface area contributed by atoms with Crippen LogP contribution in [0.3, 0.4) is 0 Å². The van der Waals surface area contributed by atoms with Crippen LogP contribution in [0.4, 0.5) is 11.4 Å². The molecule has 2 rings (SSSR count). The molecule has 5 nitrogen and oxygen atoms in total. The number of anilines is 1. The van der Waals surface area contributed by atoms with Crippen molar-refractivity contribution in [3.05, 3.63) is 33.9 Å². The van der Waals surface area contributed by atoms with Gasteiger partial charge in [-0.25, -0.2) is 0 Å². The van der Waals surface area contributed by atoms with E-state index in [0.29, 0.717) is 17.9 Å². The average molecular weight is 278 g/mol. The number of para-hydroxylation sites is 1. The van der Waals surface area contributed by atoms with Gasteiger partial charge in [0, 0.05) is 23.6 Å². The fourth-order valence-electron chi connectivity index (χ4n) is 2.82. The molecule has 20 heavy (non-hydrogen) atoms. The highest BCUT2D eigenvalue weighted by atomic mass is 16.6. The van der Waals surface area contributed by atoms with Crippen LogP contribution in [0.1, 0.15) is 32.8 Å². The van der Waals surface area contributed by atoms with E-state index in [1.807, 2.05) is 13.0 Å². The first-order valence-corrected chi connectivity index (χ1v) is 7.00. The number of aryl methyl sites for hydroxylation is 1. The molecule has 1 fully saturated rings. The zero-order valence-electron chi connectivity index (χ0n) is 12.5. The lowest BCUT2D eigenvalue weighted by Gasteiger charge is -2.51. The van der Waals surface area contributed by atoms with Crippen LogP contribution in [0.2, 0.25) is 0 Å². The van der Waals surface area contributed by atoms with E-state index in [1.54, 1.807) is 19.1 Å². The Morgan fingerprint density at radius 3 is 2.75 bits per heavy atom. The fraction of sp³-hybridized carbons (Fsp3) is 0.600. The maximum absolute atomic E-state index is 11.2. The molecule has 2 atom stereocenters. The lowest BCUT2D eigenvalue weighted by Crippen LogP contribution is -2.58. The molecule has 1 aliphatic rings. The Kier molecular flexibility index (Phi) is 3.99. The van der Waals surface area contributed by atoms with Gasteiger partial charge < -0.3 is 10.1 Å². The van der Waals surface area contributed by atoms with Crippen molar-refractivity contribution < 1.29 is 9.66 Å². The lowest BCUT2D eigenvalue weighted by molar-refractivity contribution is -0.384. The monoisotopic (exact) mass is 278 g/mol. The molecule has 2 unspecified atom stereocenters. The summed E-state index contributed by atoms with van der Waals surface area (Å²) in [7, 11) is 0. The third-order valence-corrected chi connectivity index (χ3v) is 4.30. The molecule has 1 saturated carbocycles. The largest absolute Gasteiger partial charge is 0.378 e. The summed E-state index contributed by atoms with van der Waals surface area (Å²) in [5, 5.41) is 14.5. The van der Waals surface area contributed by atoms with Gasteiger partial charge >= 0.3 is 0 Å². The third-order valence-electron chi connectivity index (χ3n) is 4.30. The highest BCUT2D eigenvalue weighted by Crippen LogP contribution is 2.45. The van der Waals surface area contributed by atoms with Crippen molar-refractivity contribution in [2.75, 3.05) is 11.9 Å². The Bertz CT molecular complexity index is 514. The minimum atomic E-state index is -0.316. The van der Waals surface area contributed by atoms with Crippen molar-refractivity contribution in [2.45, 2.75) is 46.3 Å². The van der Waals surface area contributed by atoms with E-state index in [1.165, 1.54) is 0 Å². The van der Waals surface area contributed by atoms with Gasteiger partial charge in [-0.05, 0) is 26.3 Å². The summed E-state index contributed by atoms with van der Waals surface area (Å²) in [4.78, 5) is 10.9. The van der Waals surface area contributed by atoms with Gasteiger partial charge in [0.1, 0.15) is 5.69 Å². The number of hydrogen-bond acceptors (Lipinski definition) is 4. The van der Waals surface area contributed by atoms with Crippen LogP contribution in [0.5, 0.6) is 0 Å². The number of rotatable bonds is 5. The van der Waals surface area contributed by atoms with E-state index < -0.39 is 0 Å². The van der Waals surface area contributed by atoms with Gasteiger partial charge in [0.15, 0.2) is 0 Å². The summed E-state index contributed by atoms with van der Waals surface area (Å²) >= 11 is 0. The Morgan fingerprint density at radius 2 is 2.20 bits per heavy atom. The second-order valence-electron chi connectivity index (χ2n) is 5.93. The van der Waals surface area contributed by atoms with Gasteiger partial charge in [0.25, 0.3) is 5.69 Å². The molecule has 0 amide bonds. The van der Waals surface area contributed by atoms with E-state index in [2.05, 4.69) is 19.2 Å². The predicted molar refractivity (Wildman–Crippen MR) is 79.1 cm³/mol. The number of nitrogens with one attached hydrogen (secondary N) is 1. The fourth-order valence-corrected chi connectivity index (χ4v) is 2.82. The van der Waals surface area contributed by atoms with Crippen molar-refractivity contribution in [1.29, 1.82) is 0 Å². The molecule has 110 valence electrons. The molecule has 1 N–H and O–H groups in total. The molecule has 1 aliphatic carbocycles. The third kappa shape index (κ3) is 2.50. The van der Waals surface area contributed by atoms with Crippen LogP contribution in [-0.2, 0) is 4.74 Å². The zero-order chi connectivity index (χ0) is 14.9. The molecule has 0 radical (unpaired) electrons. The molecule has 1 aromatic carbocycles. The van der Waals surface area contributed by atoms with Crippen molar-refractivity contribution >= 4 is 11.4 Å². The first-order chi connectivity index (χ1) is 9.37. The zero-order valence-corrected chi connectivity index (χ0v) is 12.5. The minimum Gasteiger partial charge on any atom is -0.378 e. The van der Waals surface area contributed by atoms with E-state index in [4.69, 9.17) is 4.74 Å². The highest BCUT2D eigenvalue weighted by molar-refractivity contribution is 5.65. The molecule has 0 aromatic heterocycles. The van der Waals surface area contributed by atoms with Gasteiger partial charge in [-0.2, -0.15) is 0 Å². The van der Waals surface area contributed by atoms with Crippen LogP contribution in [0, 0.1) is 22.5 Å². The average Bonchev–Trinajstić information content (AvgIpc) is 2.37. The Morgan fingerprint density at radius 1 is 1.50 bits per heavy atom. The van der Waals surface area contributed by atoms with E-state index in [9.17, 15) is 10.1 Å². The molecular formula is C15H22N2O3. The molecule has 0 spiro atoms. The highest BCUT2D eigenvalue weighted by Gasteiger charge is 2.49. The first kappa shape index (κ1) is 14.8. The number of nitro groups is 1. The predicted octanol–water partition coefficient (Wildman–Crippen LogP) is 3.52. The minimum absolute atomic E-state index is 0.0202. The summed E-state index contributed by atoms with van der Waals surface area (Å²) in [6.45, 7) is 8.72. The smallest absolute Gasteiger partial charge is 0.295 e. The van der Waals surface area contributed by atoms with Gasteiger partial charge in [-0.1, -0.05) is 26.0 Å². The summed E-state index contributed by atoms with van der Waals surface area (Å²) in [6, 6.07) is 5.57. The standard InChI is InChI=1S/C15H22N2O3/c1-5-20-13-9-12(15(13,3)4)16-11-8-6-7-10(2)14(11)17(18)19/h6-8,12-13,16H,5,9H2,1-4H3. The van der Waals surface area contributed by atoms with Crippen LogP contribution in [0.25, 0.3) is 0 Å². The second kappa shape index (κ2) is 5.40. The maximum Gasteiger partial charge on any atom is 0.295 e. The number of nitro benzene ring substituents is 1. The van der Waals surface area contributed by atoms with E-state index >= 15 is 0 Å². The quantitative estimate of drug-likeness (QED) is 0.661. The Labute approximate surface area is 119 Å². The summed E-state index contributed by atoms with van der Waals surface area (Å²) in [5.74, 6) is 0. The number of benzene rings is 1.